The first-order chi connectivity index (χ1) is 10.2. The maximum atomic E-state index is 12.1. The molecule has 0 spiro atoms. The number of thiazole rings is 1. The average molecular weight is 307 g/mol. The third-order valence-corrected chi connectivity index (χ3v) is 5.86. The molecule has 0 unspecified atom stereocenters. The highest BCUT2D eigenvalue weighted by Gasteiger charge is 2.36. The van der Waals surface area contributed by atoms with Crippen LogP contribution in [0.4, 0.5) is 0 Å². The molecule has 2 fully saturated rings. The zero-order valence-electron chi connectivity index (χ0n) is 12.8. The molecule has 0 bridgehead atoms. The summed E-state index contributed by atoms with van der Waals surface area (Å²) in [5.74, 6) is 0.457. The molecule has 3 rings (SSSR count). The highest BCUT2D eigenvalue weighted by Crippen LogP contribution is 2.28. The van der Waals surface area contributed by atoms with Crippen LogP contribution in [-0.2, 0) is 11.2 Å². The SMILES string of the molecule is Cc1ncsc1CCNC(=O)C1CN(C2CCCCC2)C1. The van der Waals surface area contributed by atoms with Crippen LogP contribution in [0.3, 0.4) is 0 Å². The first-order valence-corrected chi connectivity index (χ1v) is 9.02. The number of aryl methyl sites for hydroxylation is 1. The zero-order valence-corrected chi connectivity index (χ0v) is 13.6. The van der Waals surface area contributed by atoms with Gasteiger partial charge in [0.25, 0.3) is 0 Å². The summed E-state index contributed by atoms with van der Waals surface area (Å²) in [5, 5.41) is 3.09. The van der Waals surface area contributed by atoms with Gasteiger partial charge >= 0.3 is 0 Å². The minimum Gasteiger partial charge on any atom is -0.355 e. The molecular formula is C16H25N3OS. The summed E-state index contributed by atoms with van der Waals surface area (Å²) < 4.78 is 0. The van der Waals surface area contributed by atoms with Crippen molar-refractivity contribution in [3.63, 3.8) is 0 Å². The molecule has 21 heavy (non-hydrogen) atoms. The first-order valence-electron chi connectivity index (χ1n) is 8.15. The molecule has 1 aliphatic heterocycles. The normalized spacial score (nSPS) is 21.2. The van der Waals surface area contributed by atoms with Crippen LogP contribution in [0.2, 0.25) is 0 Å². The van der Waals surface area contributed by atoms with Gasteiger partial charge in [-0.3, -0.25) is 9.69 Å². The maximum absolute atomic E-state index is 12.1. The van der Waals surface area contributed by atoms with Gasteiger partial charge in [0.1, 0.15) is 0 Å². The van der Waals surface area contributed by atoms with Gasteiger partial charge in [-0.1, -0.05) is 19.3 Å². The van der Waals surface area contributed by atoms with Crippen molar-refractivity contribution in [3.05, 3.63) is 16.1 Å². The van der Waals surface area contributed by atoms with E-state index in [9.17, 15) is 4.79 Å². The van der Waals surface area contributed by atoms with Gasteiger partial charge in [0, 0.05) is 37.0 Å². The lowest BCUT2D eigenvalue weighted by atomic mass is 9.88. The number of hydrogen-bond acceptors (Lipinski definition) is 4. The number of rotatable bonds is 5. The summed E-state index contributed by atoms with van der Waals surface area (Å²) in [6.07, 6.45) is 7.70. The van der Waals surface area contributed by atoms with E-state index < -0.39 is 0 Å². The minimum absolute atomic E-state index is 0.217. The molecule has 1 aromatic heterocycles. The van der Waals surface area contributed by atoms with Crippen molar-refractivity contribution in [2.24, 2.45) is 5.92 Å². The van der Waals surface area contributed by atoms with E-state index in [4.69, 9.17) is 0 Å². The van der Waals surface area contributed by atoms with E-state index >= 15 is 0 Å². The van der Waals surface area contributed by atoms with Gasteiger partial charge in [0.15, 0.2) is 0 Å². The summed E-state index contributed by atoms with van der Waals surface area (Å²) in [7, 11) is 0. The van der Waals surface area contributed by atoms with Crippen LogP contribution < -0.4 is 5.32 Å². The molecule has 1 amide bonds. The molecule has 2 aliphatic rings. The Morgan fingerprint density at radius 2 is 2.14 bits per heavy atom. The number of amides is 1. The molecule has 0 radical (unpaired) electrons. The fourth-order valence-electron chi connectivity index (χ4n) is 3.43. The summed E-state index contributed by atoms with van der Waals surface area (Å²) >= 11 is 1.68. The van der Waals surface area contributed by atoms with Crippen LogP contribution in [0.25, 0.3) is 0 Å². The lowest BCUT2D eigenvalue weighted by molar-refractivity contribution is -0.131. The Kier molecular flexibility index (Phi) is 4.91. The maximum Gasteiger partial charge on any atom is 0.225 e. The van der Waals surface area contributed by atoms with Crippen molar-refractivity contribution in [1.29, 1.82) is 0 Å². The summed E-state index contributed by atoms with van der Waals surface area (Å²) in [5.41, 5.74) is 2.97. The van der Waals surface area contributed by atoms with E-state index in [-0.39, 0.29) is 11.8 Å². The molecule has 1 saturated carbocycles. The molecule has 0 aromatic carbocycles. The van der Waals surface area contributed by atoms with Crippen LogP contribution in [-0.4, -0.2) is 41.5 Å². The third kappa shape index (κ3) is 3.64. The van der Waals surface area contributed by atoms with Crippen molar-refractivity contribution in [3.8, 4) is 0 Å². The molecule has 5 heteroatoms. The van der Waals surface area contributed by atoms with E-state index in [1.807, 2.05) is 12.4 Å². The Morgan fingerprint density at radius 1 is 1.38 bits per heavy atom. The van der Waals surface area contributed by atoms with Crippen molar-refractivity contribution < 1.29 is 4.79 Å². The smallest absolute Gasteiger partial charge is 0.225 e. The van der Waals surface area contributed by atoms with Gasteiger partial charge in [-0.25, -0.2) is 4.98 Å². The number of nitrogens with one attached hydrogen (secondary N) is 1. The largest absolute Gasteiger partial charge is 0.355 e. The van der Waals surface area contributed by atoms with Gasteiger partial charge in [0.05, 0.1) is 17.1 Å². The summed E-state index contributed by atoms with van der Waals surface area (Å²) in [4.78, 5) is 20.2. The van der Waals surface area contributed by atoms with Crippen molar-refractivity contribution in [2.45, 2.75) is 51.5 Å². The van der Waals surface area contributed by atoms with E-state index in [0.29, 0.717) is 0 Å². The number of carbonyl (C=O) groups is 1. The fourth-order valence-corrected chi connectivity index (χ4v) is 4.21. The average Bonchev–Trinajstić information content (AvgIpc) is 2.84. The second-order valence-corrected chi connectivity index (χ2v) is 7.28. The number of likely N-dealkylation sites (tertiary alicyclic amines) is 1. The minimum atomic E-state index is 0.217. The standard InChI is InChI=1S/C16H25N3OS/c1-12-15(21-11-18-12)7-8-17-16(20)13-9-19(10-13)14-5-3-2-4-6-14/h11,13-14H,2-10H2,1H3,(H,17,20). The monoisotopic (exact) mass is 307 g/mol. The third-order valence-electron chi connectivity index (χ3n) is 4.87. The van der Waals surface area contributed by atoms with Gasteiger partial charge in [-0.15, -0.1) is 11.3 Å². The van der Waals surface area contributed by atoms with E-state index in [2.05, 4.69) is 15.2 Å². The molecule has 1 N–H and O–H groups in total. The molecule has 4 nitrogen and oxygen atoms in total. The van der Waals surface area contributed by atoms with Gasteiger partial charge in [-0.05, 0) is 19.8 Å². The summed E-state index contributed by atoms with van der Waals surface area (Å²) in [6.45, 7) is 4.70. The van der Waals surface area contributed by atoms with E-state index in [1.54, 1.807) is 11.3 Å². The second kappa shape index (κ2) is 6.88. The lowest BCUT2D eigenvalue weighted by Gasteiger charge is -2.45. The molecule has 0 atom stereocenters. The Morgan fingerprint density at radius 3 is 2.81 bits per heavy atom. The Hall–Kier alpha value is -0.940. The topological polar surface area (TPSA) is 45.2 Å². The molecule has 1 aliphatic carbocycles. The van der Waals surface area contributed by atoms with Crippen LogP contribution in [0.1, 0.15) is 42.7 Å². The molecule has 116 valence electrons. The molecular weight excluding hydrogens is 282 g/mol. The van der Waals surface area contributed by atoms with Crippen LogP contribution in [0.15, 0.2) is 5.51 Å². The lowest BCUT2D eigenvalue weighted by Crippen LogP contribution is -2.57. The summed E-state index contributed by atoms with van der Waals surface area (Å²) in [6, 6.07) is 0.752. The predicted molar refractivity (Wildman–Crippen MR) is 85.5 cm³/mol. The number of nitrogens with zero attached hydrogens (tertiary/aromatic N) is 2. The van der Waals surface area contributed by atoms with Crippen LogP contribution in [0.5, 0.6) is 0 Å². The molecule has 1 saturated heterocycles. The van der Waals surface area contributed by atoms with E-state index in [0.717, 1.165) is 37.8 Å². The number of aromatic nitrogens is 1. The van der Waals surface area contributed by atoms with Crippen molar-refractivity contribution in [2.75, 3.05) is 19.6 Å². The van der Waals surface area contributed by atoms with Crippen molar-refractivity contribution in [1.82, 2.24) is 15.2 Å². The Labute approximate surface area is 130 Å². The fraction of sp³-hybridized carbons (Fsp3) is 0.750. The van der Waals surface area contributed by atoms with Gasteiger partial charge in [0.2, 0.25) is 5.91 Å². The Balaban J connectivity index is 1.35. The van der Waals surface area contributed by atoms with E-state index in [1.165, 1.54) is 37.0 Å². The van der Waals surface area contributed by atoms with Crippen molar-refractivity contribution >= 4 is 17.2 Å². The first kappa shape index (κ1) is 15.0. The number of hydrogen-bond donors (Lipinski definition) is 1. The highest BCUT2D eigenvalue weighted by atomic mass is 32.1. The quantitative estimate of drug-likeness (QED) is 0.908. The molecule has 2 heterocycles. The van der Waals surface area contributed by atoms with Gasteiger partial charge in [-0.2, -0.15) is 0 Å². The zero-order chi connectivity index (χ0) is 14.7. The van der Waals surface area contributed by atoms with Gasteiger partial charge < -0.3 is 5.32 Å². The number of carbonyl (C=O) groups excluding carboxylic acids is 1. The second-order valence-electron chi connectivity index (χ2n) is 6.34. The predicted octanol–water partition coefficient (Wildman–Crippen LogP) is 2.37. The van der Waals surface area contributed by atoms with Crippen LogP contribution >= 0.6 is 11.3 Å². The van der Waals surface area contributed by atoms with Crippen LogP contribution in [0, 0.1) is 12.8 Å². The Bertz CT molecular complexity index is 476. The highest BCUT2D eigenvalue weighted by molar-refractivity contribution is 7.09. The molecule has 1 aromatic rings.